The fourth-order valence-corrected chi connectivity index (χ4v) is 3.04. The van der Waals surface area contributed by atoms with Crippen molar-refractivity contribution in [3.63, 3.8) is 0 Å². The average Bonchev–Trinajstić information content (AvgIpc) is 2.48. The lowest BCUT2D eigenvalue weighted by molar-refractivity contribution is -0.135. The van der Waals surface area contributed by atoms with Crippen molar-refractivity contribution in [2.75, 3.05) is 31.1 Å². The molecule has 1 amide bonds. The van der Waals surface area contributed by atoms with Crippen LogP contribution in [0.15, 0.2) is 24.3 Å². The molecule has 0 bridgehead atoms. The monoisotopic (exact) mass is 294 g/mol. The van der Waals surface area contributed by atoms with Gasteiger partial charge in [0, 0.05) is 42.8 Å². The molecule has 0 spiro atoms. The largest absolute Gasteiger partial charge is 0.371 e. The predicted octanol–water partition coefficient (Wildman–Crippen LogP) is 3.42. The van der Waals surface area contributed by atoms with Crippen LogP contribution in [0.5, 0.6) is 0 Å². The molecule has 0 radical (unpaired) electrons. The van der Waals surface area contributed by atoms with Crippen LogP contribution in [0.1, 0.15) is 26.7 Å². The van der Waals surface area contributed by atoms with Gasteiger partial charge in [0.15, 0.2) is 0 Å². The van der Waals surface area contributed by atoms with Crippen molar-refractivity contribution in [3.8, 4) is 0 Å². The van der Waals surface area contributed by atoms with Gasteiger partial charge in [0.1, 0.15) is 0 Å². The zero-order valence-corrected chi connectivity index (χ0v) is 13.1. The Morgan fingerprint density at radius 1 is 1.30 bits per heavy atom. The molecule has 0 saturated carbocycles. The van der Waals surface area contributed by atoms with E-state index in [4.69, 9.17) is 11.6 Å². The van der Waals surface area contributed by atoms with Crippen molar-refractivity contribution in [1.82, 2.24) is 4.90 Å². The van der Waals surface area contributed by atoms with Crippen LogP contribution in [0.25, 0.3) is 0 Å². The molecule has 1 aromatic rings. The minimum Gasteiger partial charge on any atom is -0.371 e. The predicted molar refractivity (Wildman–Crippen MR) is 84.3 cm³/mol. The highest BCUT2D eigenvalue weighted by Gasteiger charge is 2.27. The van der Waals surface area contributed by atoms with Crippen LogP contribution in [0.4, 0.5) is 5.69 Å². The lowest BCUT2D eigenvalue weighted by Crippen LogP contribution is -2.42. The van der Waals surface area contributed by atoms with Crippen molar-refractivity contribution in [1.29, 1.82) is 0 Å². The number of anilines is 1. The van der Waals surface area contributed by atoms with Crippen molar-refractivity contribution in [2.24, 2.45) is 5.92 Å². The summed E-state index contributed by atoms with van der Waals surface area (Å²) >= 11 is 6.03. The van der Waals surface area contributed by atoms with Crippen LogP contribution < -0.4 is 4.90 Å². The zero-order chi connectivity index (χ0) is 14.5. The number of halogens is 1. The molecule has 1 fully saturated rings. The van der Waals surface area contributed by atoms with Crippen LogP contribution in [0, 0.1) is 5.92 Å². The zero-order valence-electron chi connectivity index (χ0n) is 12.3. The Kier molecular flexibility index (Phi) is 5.30. The Morgan fingerprint density at radius 2 is 1.95 bits per heavy atom. The number of rotatable bonds is 4. The highest BCUT2D eigenvalue weighted by atomic mass is 35.5. The Hall–Kier alpha value is -1.22. The van der Waals surface area contributed by atoms with Crippen LogP contribution in [0.3, 0.4) is 0 Å². The molecule has 1 aliphatic rings. The average molecular weight is 295 g/mol. The maximum absolute atomic E-state index is 12.3. The van der Waals surface area contributed by atoms with Crippen molar-refractivity contribution in [2.45, 2.75) is 26.7 Å². The molecule has 0 atom stereocenters. The van der Waals surface area contributed by atoms with E-state index in [1.165, 1.54) is 0 Å². The second-order valence-electron chi connectivity index (χ2n) is 5.25. The first-order valence-electron chi connectivity index (χ1n) is 7.45. The summed E-state index contributed by atoms with van der Waals surface area (Å²) in [5.74, 6) is 0.506. The van der Waals surface area contributed by atoms with E-state index in [0.717, 1.165) is 49.7 Å². The first kappa shape index (κ1) is 15.2. The van der Waals surface area contributed by atoms with Gasteiger partial charge >= 0.3 is 0 Å². The summed E-state index contributed by atoms with van der Waals surface area (Å²) in [5, 5.41) is 0.767. The van der Waals surface area contributed by atoms with Crippen molar-refractivity contribution >= 4 is 23.2 Å². The standard InChI is InChI=1S/C16H23ClN2O/c1-3-18(4-2)16(20)13-8-10-19(11-9-13)15-7-5-6-14(17)12-15/h5-7,12-13H,3-4,8-11H2,1-2H3. The van der Waals surface area contributed by atoms with E-state index in [-0.39, 0.29) is 5.92 Å². The normalized spacial score (nSPS) is 16.2. The lowest BCUT2D eigenvalue weighted by Gasteiger charge is -2.35. The molecule has 3 nitrogen and oxygen atoms in total. The van der Waals surface area contributed by atoms with E-state index in [1.54, 1.807) is 0 Å². The fourth-order valence-electron chi connectivity index (χ4n) is 2.85. The van der Waals surface area contributed by atoms with Gasteiger partial charge in [-0.1, -0.05) is 17.7 Å². The molecule has 1 saturated heterocycles. The Bertz CT molecular complexity index is 452. The Morgan fingerprint density at radius 3 is 2.50 bits per heavy atom. The molecule has 110 valence electrons. The number of carbonyl (C=O) groups excluding carboxylic acids is 1. The van der Waals surface area contributed by atoms with Crippen LogP contribution in [0.2, 0.25) is 5.02 Å². The van der Waals surface area contributed by atoms with E-state index in [1.807, 2.05) is 36.9 Å². The van der Waals surface area contributed by atoms with Gasteiger partial charge < -0.3 is 9.80 Å². The summed E-state index contributed by atoms with van der Waals surface area (Å²) in [6.07, 6.45) is 1.86. The van der Waals surface area contributed by atoms with Gasteiger partial charge in [0.25, 0.3) is 0 Å². The second-order valence-corrected chi connectivity index (χ2v) is 5.69. The fraction of sp³-hybridized carbons (Fsp3) is 0.562. The number of benzene rings is 1. The topological polar surface area (TPSA) is 23.6 Å². The summed E-state index contributed by atoms with van der Waals surface area (Å²) in [6, 6.07) is 7.94. The quantitative estimate of drug-likeness (QED) is 0.849. The minimum absolute atomic E-state index is 0.185. The number of piperidine rings is 1. The van der Waals surface area contributed by atoms with Gasteiger partial charge in [-0.15, -0.1) is 0 Å². The number of amides is 1. The van der Waals surface area contributed by atoms with Crippen LogP contribution in [-0.2, 0) is 4.79 Å². The molecule has 0 N–H and O–H groups in total. The van der Waals surface area contributed by atoms with Gasteiger partial charge in [0.05, 0.1) is 0 Å². The number of hydrogen-bond acceptors (Lipinski definition) is 2. The molecule has 1 aliphatic heterocycles. The van der Waals surface area contributed by atoms with Gasteiger partial charge in [-0.2, -0.15) is 0 Å². The first-order valence-corrected chi connectivity index (χ1v) is 7.82. The molecule has 0 aliphatic carbocycles. The second kappa shape index (κ2) is 6.98. The van der Waals surface area contributed by atoms with E-state index >= 15 is 0 Å². The number of nitrogens with zero attached hydrogens (tertiary/aromatic N) is 2. The van der Waals surface area contributed by atoms with Gasteiger partial charge in [-0.25, -0.2) is 0 Å². The molecule has 1 aromatic carbocycles. The van der Waals surface area contributed by atoms with E-state index in [2.05, 4.69) is 11.0 Å². The van der Waals surface area contributed by atoms with E-state index < -0.39 is 0 Å². The van der Waals surface area contributed by atoms with Gasteiger partial charge in [-0.05, 0) is 44.9 Å². The maximum Gasteiger partial charge on any atom is 0.225 e. The van der Waals surface area contributed by atoms with Crippen LogP contribution in [-0.4, -0.2) is 37.0 Å². The van der Waals surface area contributed by atoms with Crippen molar-refractivity contribution < 1.29 is 4.79 Å². The summed E-state index contributed by atoms with van der Waals surface area (Å²) in [4.78, 5) is 16.6. The smallest absolute Gasteiger partial charge is 0.225 e. The third kappa shape index (κ3) is 3.45. The van der Waals surface area contributed by atoms with Gasteiger partial charge in [-0.3, -0.25) is 4.79 Å². The Labute approximate surface area is 126 Å². The molecule has 4 heteroatoms. The summed E-state index contributed by atoms with van der Waals surface area (Å²) in [7, 11) is 0. The molecular formula is C16H23ClN2O. The van der Waals surface area contributed by atoms with E-state index in [9.17, 15) is 4.79 Å². The first-order chi connectivity index (χ1) is 9.65. The highest BCUT2D eigenvalue weighted by Crippen LogP contribution is 2.26. The molecular weight excluding hydrogens is 272 g/mol. The molecule has 0 aromatic heterocycles. The van der Waals surface area contributed by atoms with Crippen LogP contribution >= 0.6 is 11.6 Å². The maximum atomic E-state index is 12.3. The van der Waals surface area contributed by atoms with E-state index in [0.29, 0.717) is 5.91 Å². The number of hydrogen-bond donors (Lipinski definition) is 0. The molecule has 1 heterocycles. The summed E-state index contributed by atoms with van der Waals surface area (Å²) in [6.45, 7) is 7.56. The highest BCUT2D eigenvalue weighted by molar-refractivity contribution is 6.30. The summed E-state index contributed by atoms with van der Waals surface area (Å²) < 4.78 is 0. The minimum atomic E-state index is 0.185. The summed E-state index contributed by atoms with van der Waals surface area (Å²) in [5.41, 5.74) is 1.16. The van der Waals surface area contributed by atoms with Gasteiger partial charge in [0.2, 0.25) is 5.91 Å². The third-order valence-corrected chi connectivity index (χ3v) is 4.33. The molecule has 2 rings (SSSR count). The SMILES string of the molecule is CCN(CC)C(=O)C1CCN(c2cccc(Cl)c2)CC1. The number of carbonyl (C=O) groups is 1. The molecule has 0 unspecified atom stereocenters. The Balaban J connectivity index is 1.94. The third-order valence-electron chi connectivity index (χ3n) is 4.09. The van der Waals surface area contributed by atoms with Crippen molar-refractivity contribution in [3.05, 3.63) is 29.3 Å². The lowest BCUT2D eigenvalue weighted by atomic mass is 9.95. The molecule has 20 heavy (non-hydrogen) atoms.